The van der Waals surface area contributed by atoms with Gasteiger partial charge in [0, 0.05) is 29.7 Å². The van der Waals surface area contributed by atoms with Crippen LogP contribution in [0.4, 0.5) is 5.69 Å². The number of nitrogens with one attached hydrogen (secondary N) is 1. The third-order valence-electron chi connectivity index (χ3n) is 3.65. The zero-order valence-electron chi connectivity index (χ0n) is 13.3. The number of carbonyl (C=O) groups is 1. The molecule has 1 aromatic rings. The number of carbonyl (C=O) groups excluding carboxylic acids is 1. The number of nitrogens with zero attached hydrogens (tertiary/aromatic N) is 1. The first-order valence-electron chi connectivity index (χ1n) is 7.35. The molecule has 2 atom stereocenters. The van der Waals surface area contributed by atoms with Gasteiger partial charge < -0.3 is 4.90 Å². The van der Waals surface area contributed by atoms with E-state index in [1.54, 1.807) is 34.9 Å². The van der Waals surface area contributed by atoms with Crippen LogP contribution in [0.2, 0.25) is 0 Å². The Morgan fingerprint density at radius 2 is 2.18 bits per heavy atom. The molecule has 0 aromatic heterocycles. The average molecular weight is 342 g/mol. The predicted octanol–water partition coefficient (Wildman–Crippen LogP) is 2.61. The maximum atomic E-state index is 12.4. The molecule has 7 heteroatoms. The Balaban J connectivity index is 2.39. The molecule has 122 valence electrons. The molecule has 0 spiro atoms. The van der Waals surface area contributed by atoms with Crippen molar-refractivity contribution in [2.75, 3.05) is 11.4 Å². The van der Waals surface area contributed by atoms with Crippen molar-refractivity contribution in [2.45, 2.75) is 55.2 Å². The van der Waals surface area contributed by atoms with Crippen molar-refractivity contribution in [2.24, 2.45) is 0 Å². The van der Waals surface area contributed by atoms with E-state index < -0.39 is 10.0 Å². The summed E-state index contributed by atoms with van der Waals surface area (Å²) < 4.78 is 27.4. The summed E-state index contributed by atoms with van der Waals surface area (Å²) in [5, 5.41) is 0.233. The lowest BCUT2D eigenvalue weighted by Gasteiger charge is -2.32. The van der Waals surface area contributed by atoms with Gasteiger partial charge in [-0.15, -0.1) is 11.8 Å². The molecule has 1 amide bonds. The molecular formula is C15H22N2O3S2. The molecule has 22 heavy (non-hydrogen) atoms. The third-order valence-corrected chi connectivity index (χ3v) is 6.37. The number of thioether (sulfide) groups is 1. The minimum absolute atomic E-state index is 0.0262. The van der Waals surface area contributed by atoms with E-state index in [-0.39, 0.29) is 22.1 Å². The van der Waals surface area contributed by atoms with Gasteiger partial charge in [0.25, 0.3) is 0 Å². The van der Waals surface area contributed by atoms with Gasteiger partial charge in [-0.3, -0.25) is 4.79 Å². The number of amides is 1. The quantitative estimate of drug-likeness (QED) is 0.913. The highest BCUT2D eigenvalue weighted by molar-refractivity contribution is 8.00. The first-order valence-corrected chi connectivity index (χ1v) is 9.72. The highest BCUT2D eigenvalue weighted by Crippen LogP contribution is 2.39. The monoisotopic (exact) mass is 342 g/mol. The van der Waals surface area contributed by atoms with Crippen LogP contribution in [0.3, 0.4) is 0 Å². The molecule has 0 aliphatic carbocycles. The van der Waals surface area contributed by atoms with Crippen LogP contribution >= 0.6 is 11.8 Å². The molecule has 1 aliphatic heterocycles. The number of hydrogen-bond acceptors (Lipinski definition) is 4. The molecular weight excluding hydrogens is 320 g/mol. The SMILES string of the molecule is CCC(C)NS(=O)(=O)c1ccc2c(c1)SC(C)CN2C(C)=O. The van der Waals surface area contributed by atoms with Crippen LogP contribution < -0.4 is 9.62 Å². The van der Waals surface area contributed by atoms with Gasteiger partial charge in [-0.25, -0.2) is 13.1 Å². The fraction of sp³-hybridized carbons (Fsp3) is 0.533. The van der Waals surface area contributed by atoms with Crippen LogP contribution in [-0.4, -0.2) is 32.2 Å². The fourth-order valence-electron chi connectivity index (χ4n) is 2.30. The van der Waals surface area contributed by atoms with E-state index in [0.717, 1.165) is 17.0 Å². The molecule has 1 N–H and O–H groups in total. The minimum Gasteiger partial charge on any atom is -0.310 e. The zero-order chi connectivity index (χ0) is 16.5. The van der Waals surface area contributed by atoms with Crippen molar-refractivity contribution in [3.63, 3.8) is 0 Å². The summed E-state index contributed by atoms with van der Waals surface area (Å²) in [4.78, 5) is 14.5. The maximum Gasteiger partial charge on any atom is 0.240 e. The van der Waals surface area contributed by atoms with Crippen molar-refractivity contribution in [1.29, 1.82) is 0 Å². The largest absolute Gasteiger partial charge is 0.310 e. The van der Waals surface area contributed by atoms with E-state index in [1.165, 1.54) is 6.92 Å². The van der Waals surface area contributed by atoms with Crippen LogP contribution in [0.15, 0.2) is 28.0 Å². The maximum absolute atomic E-state index is 12.4. The normalized spacial score (nSPS) is 19.6. The van der Waals surface area contributed by atoms with Gasteiger partial charge in [0.2, 0.25) is 15.9 Å². The number of rotatable bonds is 4. The molecule has 0 bridgehead atoms. The Labute approximate surface area is 136 Å². The lowest BCUT2D eigenvalue weighted by molar-refractivity contribution is -0.116. The lowest BCUT2D eigenvalue weighted by atomic mass is 10.2. The second-order valence-electron chi connectivity index (χ2n) is 5.62. The van der Waals surface area contributed by atoms with Crippen molar-refractivity contribution >= 4 is 33.4 Å². The number of benzene rings is 1. The molecule has 2 rings (SSSR count). The summed E-state index contributed by atoms with van der Waals surface area (Å²) in [6.45, 7) is 7.97. The molecule has 1 aliphatic rings. The summed E-state index contributed by atoms with van der Waals surface area (Å²) in [7, 11) is -3.53. The van der Waals surface area contributed by atoms with E-state index in [1.807, 2.05) is 20.8 Å². The molecule has 2 unspecified atom stereocenters. The predicted molar refractivity (Wildman–Crippen MR) is 89.9 cm³/mol. The summed E-state index contributed by atoms with van der Waals surface area (Å²) in [5.74, 6) is -0.0262. The minimum atomic E-state index is -3.53. The van der Waals surface area contributed by atoms with Crippen LogP contribution in [0, 0.1) is 0 Å². The average Bonchev–Trinajstić information content (AvgIpc) is 2.44. The topological polar surface area (TPSA) is 66.5 Å². The van der Waals surface area contributed by atoms with E-state index in [9.17, 15) is 13.2 Å². The zero-order valence-corrected chi connectivity index (χ0v) is 14.9. The first-order chi connectivity index (χ1) is 10.2. The number of sulfonamides is 1. The third kappa shape index (κ3) is 3.64. The Morgan fingerprint density at radius 1 is 1.50 bits per heavy atom. The van der Waals surface area contributed by atoms with Crippen LogP contribution in [0.25, 0.3) is 0 Å². The van der Waals surface area contributed by atoms with Gasteiger partial charge >= 0.3 is 0 Å². The van der Waals surface area contributed by atoms with Crippen molar-refractivity contribution in [3.8, 4) is 0 Å². The second-order valence-corrected chi connectivity index (χ2v) is 8.81. The molecule has 0 saturated carbocycles. The van der Waals surface area contributed by atoms with Gasteiger partial charge in [0.1, 0.15) is 0 Å². The lowest BCUT2D eigenvalue weighted by Crippen LogP contribution is -2.37. The van der Waals surface area contributed by atoms with Crippen molar-refractivity contribution in [3.05, 3.63) is 18.2 Å². The van der Waals surface area contributed by atoms with Gasteiger partial charge in [-0.1, -0.05) is 13.8 Å². The Kier molecular flexibility index (Phi) is 5.19. The number of anilines is 1. The number of hydrogen-bond donors (Lipinski definition) is 1. The summed E-state index contributed by atoms with van der Waals surface area (Å²) >= 11 is 1.60. The molecule has 0 fully saturated rings. The van der Waals surface area contributed by atoms with Gasteiger partial charge in [-0.05, 0) is 31.5 Å². The van der Waals surface area contributed by atoms with Crippen LogP contribution in [0.5, 0.6) is 0 Å². The fourth-order valence-corrected chi connectivity index (χ4v) is 4.88. The second kappa shape index (κ2) is 6.60. The van der Waals surface area contributed by atoms with Crippen molar-refractivity contribution < 1.29 is 13.2 Å². The summed E-state index contributed by atoms with van der Waals surface area (Å²) in [5.41, 5.74) is 0.790. The molecule has 1 aromatic carbocycles. The summed E-state index contributed by atoms with van der Waals surface area (Å²) in [6, 6.07) is 4.84. The highest BCUT2D eigenvalue weighted by atomic mass is 32.2. The molecule has 1 heterocycles. The Morgan fingerprint density at radius 3 is 2.77 bits per heavy atom. The highest BCUT2D eigenvalue weighted by Gasteiger charge is 2.27. The van der Waals surface area contributed by atoms with E-state index in [2.05, 4.69) is 4.72 Å². The van der Waals surface area contributed by atoms with Gasteiger partial charge in [-0.2, -0.15) is 0 Å². The van der Waals surface area contributed by atoms with Gasteiger partial charge in [0.05, 0.1) is 10.6 Å². The first kappa shape index (κ1) is 17.3. The standard InChI is InChI=1S/C15H22N2O3S2/c1-5-10(2)16-22(19,20)13-6-7-14-15(8-13)21-11(3)9-17(14)12(4)18/h6-8,10-11,16H,5,9H2,1-4H3. The molecule has 5 nitrogen and oxygen atoms in total. The molecule has 0 saturated heterocycles. The smallest absolute Gasteiger partial charge is 0.240 e. The Hall–Kier alpha value is -1.05. The van der Waals surface area contributed by atoms with E-state index in [4.69, 9.17) is 0 Å². The van der Waals surface area contributed by atoms with Crippen LogP contribution in [-0.2, 0) is 14.8 Å². The summed E-state index contributed by atoms with van der Waals surface area (Å²) in [6.07, 6.45) is 0.730. The Bertz CT molecular complexity index is 673. The van der Waals surface area contributed by atoms with Crippen LogP contribution in [0.1, 0.15) is 34.1 Å². The van der Waals surface area contributed by atoms with E-state index >= 15 is 0 Å². The number of fused-ring (bicyclic) bond motifs is 1. The van der Waals surface area contributed by atoms with Crippen molar-refractivity contribution in [1.82, 2.24) is 4.72 Å². The molecule has 0 radical (unpaired) electrons. The van der Waals surface area contributed by atoms with Gasteiger partial charge in [0.15, 0.2) is 0 Å². The van der Waals surface area contributed by atoms with E-state index in [0.29, 0.717) is 6.54 Å².